The van der Waals surface area contributed by atoms with E-state index < -0.39 is 0 Å². The SMILES string of the molecule is CN1CC(=O)N(C)c2cnccc21. The number of fused-ring (bicyclic) bond motifs is 1. The molecule has 0 saturated carbocycles. The van der Waals surface area contributed by atoms with Crippen LogP contribution < -0.4 is 9.80 Å². The van der Waals surface area contributed by atoms with Crippen LogP contribution in [-0.2, 0) is 4.79 Å². The van der Waals surface area contributed by atoms with Gasteiger partial charge >= 0.3 is 0 Å². The molecule has 2 heterocycles. The second kappa shape index (κ2) is 2.73. The lowest BCUT2D eigenvalue weighted by Crippen LogP contribution is -2.42. The molecule has 0 aliphatic carbocycles. The zero-order valence-electron chi connectivity index (χ0n) is 7.69. The van der Waals surface area contributed by atoms with Crippen LogP contribution in [0.3, 0.4) is 0 Å². The van der Waals surface area contributed by atoms with Crippen molar-refractivity contribution in [2.45, 2.75) is 0 Å². The number of amides is 1. The van der Waals surface area contributed by atoms with Crippen molar-refractivity contribution in [3.8, 4) is 0 Å². The number of likely N-dealkylation sites (N-methyl/N-ethyl adjacent to an activating group) is 2. The highest BCUT2D eigenvalue weighted by Crippen LogP contribution is 2.29. The Kier molecular flexibility index (Phi) is 1.69. The number of nitrogens with zero attached hydrogens (tertiary/aromatic N) is 3. The van der Waals surface area contributed by atoms with Crippen molar-refractivity contribution in [1.82, 2.24) is 4.98 Å². The summed E-state index contributed by atoms with van der Waals surface area (Å²) >= 11 is 0. The maximum Gasteiger partial charge on any atom is 0.246 e. The van der Waals surface area contributed by atoms with Crippen molar-refractivity contribution >= 4 is 17.3 Å². The third-order valence-electron chi connectivity index (χ3n) is 2.30. The van der Waals surface area contributed by atoms with Gasteiger partial charge in [0.15, 0.2) is 0 Å². The van der Waals surface area contributed by atoms with Crippen LogP contribution in [0.2, 0.25) is 0 Å². The highest BCUT2D eigenvalue weighted by molar-refractivity contribution is 6.02. The predicted octanol–water partition coefficient (Wildman–Crippen LogP) is 0.494. The van der Waals surface area contributed by atoms with Crippen molar-refractivity contribution in [2.24, 2.45) is 0 Å². The molecule has 1 aliphatic rings. The molecule has 0 bridgehead atoms. The highest BCUT2D eigenvalue weighted by atomic mass is 16.2. The Morgan fingerprint density at radius 3 is 2.92 bits per heavy atom. The van der Waals surface area contributed by atoms with Crippen LogP contribution in [0.15, 0.2) is 18.5 Å². The van der Waals surface area contributed by atoms with E-state index in [2.05, 4.69) is 4.98 Å². The number of rotatable bonds is 0. The van der Waals surface area contributed by atoms with Crippen LogP contribution in [0.25, 0.3) is 0 Å². The van der Waals surface area contributed by atoms with Gasteiger partial charge in [0.2, 0.25) is 5.91 Å². The van der Waals surface area contributed by atoms with Crippen LogP contribution in [-0.4, -0.2) is 31.5 Å². The Balaban J connectivity index is 2.53. The Labute approximate surface area is 76.8 Å². The lowest BCUT2D eigenvalue weighted by molar-refractivity contribution is -0.117. The van der Waals surface area contributed by atoms with Gasteiger partial charge in [-0.3, -0.25) is 9.78 Å². The first kappa shape index (κ1) is 8.04. The van der Waals surface area contributed by atoms with Crippen LogP contribution in [0.5, 0.6) is 0 Å². The van der Waals surface area contributed by atoms with Gasteiger partial charge in [0, 0.05) is 20.3 Å². The predicted molar refractivity (Wildman–Crippen MR) is 50.9 cm³/mol. The Morgan fingerprint density at radius 1 is 1.38 bits per heavy atom. The molecule has 0 radical (unpaired) electrons. The van der Waals surface area contributed by atoms with Crippen LogP contribution in [0, 0.1) is 0 Å². The van der Waals surface area contributed by atoms with Gasteiger partial charge in [0.05, 0.1) is 24.1 Å². The molecule has 1 aliphatic heterocycles. The van der Waals surface area contributed by atoms with Crippen LogP contribution in [0.4, 0.5) is 11.4 Å². The highest BCUT2D eigenvalue weighted by Gasteiger charge is 2.23. The summed E-state index contributed by atoms with van der Waals surface area (Å²) in [6, 6.07) is 1.91. The van der Waals surface area contributed by atoms with E-state index in [4.69, 9.17) is 0 Å². The van der Waals surface area contributed by atoms with Gasteiger partial charge in [-0.1, -0.05) is 0 Å². The Morgan fingerprint density at radius 2 is 2.15 bits per heavy atom. The minimum absolute atomic E-state index is 0.100. The van der Waals surface area contributed by atoms with Gasteiger partial charge in [-0.15, -0.1) is 0 Å². The Hall–Kier alpha value is -1.58. The van der Waals surface area contributed by atoms with Gasteiger partial charge in [0.25, 0.3) is 0 Å². The topological polar surface area (TPSA) is 36.4 Å². The third kappa shape index (κ3) is 1.14. The molecule has 0 spiro atoms. The molecule has 2 rings (SSSR count). The molecule has 0 atom stereocenters. The monoisotopic (exact) mass is 177 g/mol. The van der Waals surface area contributed by atoms with Gasteiger partial charge in [-0.2, -0.15) is 0 Å². The number of hydrogen-bond acceptors (Lipinski definition) is 3. The van der Waals surface area contributed by atoms with Gasteiger partial charge in [-0.05, 0) is 6.07 Å². The van der Waals surface area contributed by atoms with Crippen LogP contribution in [0.1, 0.15) is 0 Å². The largest absolute Gasteiger partial charge is 0.363 e. The van der Waals surface area contributed by atoms with E-state index >= 15 is 0 Å². The van der Waals surface area contributed by atoms with Crippen molar-refractivity contribution in [3.05, 3.63) is 18.5 Å². The summed E-state index contributed by atoms with van der Waals surface area (Å²) in [5, 5.41) is 0. The maximum atomic E-state index is 11.4. The molecule has 1 aromatic rings. The van der Waals surface area contributed by atoms with Crippen molar-refractivity contribution in [3.63, 3.8) is 0 Å². The molecule has 4 heteroatoms. The summed E-state index contributed by atoms with van der Waals surface area (Å²) in [6.07, 6.45) is 3.45. The molecule has 68 valence electrons. The molecular formula is C9H11N3O. The zero-order chi connectivity index (χ0) is 9.42. The molecule has 13 heavy (non-hydrogen) atoms. The fraction of sp³-hybridized carbons (Fsp3) is 0.333. The standard InChI is InChI=1S/C9H11N3O/c1-11-6-9(13)12(2)8-5-10-4-3-7(8)11/h3-5H,6H2,1-2H3. The van der Waals surface area contributed by atoms with Crippen molar-refractivity contribution < 1.29 is 4.79 Å². The lowest BCUT2D eigenvalue weighted by Gasteiger charge is -2.32. The molecule has 0 aromatic carbocycles. The first-order chi connectivity index (χ1) is 6.20. The lowest BCUT2D eigenvalue weighted by atomic mass is 10.2. The summed E-state index contributed by atoms with van der Waals surface area (Å²) < 4.78 is 0. The zero-order valence-corrected chi connectivity index (χ0v) is 7.69. The van der Waals surface area contributed by atoms with E-state index in [0.29, 0.717) is 6.54 Å². The van der Waals surface area contributed by atoms with E-state index in [-0.39, 0.29) is 5.91 Å². The molecule has 1 aromatic heterocycles. The number of hydrogen-bond donors (Lipinski definition) is 0. The van der Waals surface area contributed by atoms with Crippen molar-refractivity contribution in [2.75, 3.05) is 30.4 Å². The van der Waals surface area contributed by atoms with Crippen molar-refractivity contribution in [1.29, 1.82) is 0 Å². The first-order valence-corrected chi connectivity index (χ1v) is 4.12. The molecule has 0 fully saturated rings. The number of pyridine rings is 1. The minimum Gasteiger partial charge on any atom is -0.363 e. The fourth-order valence-corrected chi connectivity index (χ4v) is 1.49. The smallest absolute Gasteiger partial charge is 0.246 e. The van der Waals surface area contributed by atoms with E-state index in [1.807, 2.05) is 18.0 Å². The van der Waals surface area contributed by atoms with Gasteiger partial charge in [-0.25, -0.2) is 0 Å². The average Bonchev–Trinajstić information content (AvgIpc) is 2.15. The summed E-state index contributed by atoms with van der Waals surface area (Å²) in [6.45, 7) is 0.438. The normalized spacial score (nSPS) is 16.0. The number of aromatic nitrogens is 1. The molecule has 4 nitrogen and oxygen atoms in total. The quantitative estimate of drug-likeness (QED) is 0.578. The summed E-state index contributed by atoms with van der Waals surface area (Å²) in [4.78, 5) is 19.0. The van der Waals surface area contributed by atoms with Crippen LogP contribution >= 0.6 is 0 Å². The molecule has 0 unspecified atom stereocenters. The molecule has 1 amide bonds. The van der Waals surface area contributed by atoms with Gasteiger partial charge in [0.1, 0.15) is 0 Å². The molecule has 0 N–H and O–H groups in total. The average molecular weight is 177 g/mol. The molecular weight excluding hydrogens is 166 g/mol. The van der Waals surface area contributed by atoms with Gasteiger partial charge < -0.3 is 9.80 Å². The summed E-state index contributed by atoms with van der Waals surface area (Å²) in [7, 11) is 3.68. The third-order valence-corrected chi connectivity index (χ3v) is 2.30. The van der Waals surface area contributed by atoms with E-state index in [9.17, 15) is 4.79 Å². The second-order valence-corrected chi connectivity index (χ2v) is 3.17. The number of carbonyl (C=O) groups excluding carboxylic acids is 1. The molecule has 0 saturated heterocycles. The van der Waals surface area contributed by atoms with E-state index in [0.717, 1.165) is 11.4 Å². The number of anilines is 2. The first-order valence-electron chi connectivity index (χ1n) is 4.12. The van der Waals surface area contributed by atoms with E-state index in [1.54, 1.807) is 24.3 Å². The Bertz CT molecular complexity index is 350. The fourth-order valence-electron chi connectivity index (χ4n) is 1.49. The summed E-state index contributed by atoms with van der Waals surface area (Å²) in [5.41, 5.74) is 1.93. The summed E-state index contributed by atoms with van der Waals surface area (Å²) in [5.74, 6) is 0.100. The maximum absolute atomic E-state index is 11.4. The second-order valence-electron chi connectivity index (χ2n) is 3.17. The minimum atomic E-state index is 0.100. The number of carbonyl (C=O) groups is 1. The van der Waals surface area contributed by atoms with E-state index in [1.165, 1.54) is 0 Å².